The van der Waals surface area contributed by atoms with Crippen molar-refractivity contribution in [1.82, 2.24) is 10.2 Å². The van der Waals surface area contributed by atoms with Gasteiger partial charge in [0.1, 0.15) is 0 Å². The Kier molecular flexibility index (Phi) is 9.37. The molecule has 0 rings (SSSR count). The third-order valence-electron chi connectivity index (χ3n) is 2.08. The molecule has 0 aromatic rings. The summed E-state index contributed by atoms with van der Waals surface area (Å²) in [5.41, 5.74) is 0. The molecular formula is C11H22N2O4. The Hall–Kier alpha value is -1.14. The van der Waals surface area contributed by atoms with Crippen LogP contribution in [0, 0.1) is 0 Å². The molecule has 1 amide bonds. The highest BCUT2D eigenvalue weighted by Crippen LogP contribution is 1.91. The average molecular weight is 246 g/mol. The van der Waals surface area contributed by atoms with Crippen molar-refractivity contribution in [2.75, 3.05) is 39.9 Å². The number of aliphatic hydroxyl groups is 1. The number of carbonyl (C=O) groups excluding carboxylic acids is 2. The van der Waals surface area contributed by atoms with Gasteiger partial charge in [0.2, 0.25) is 5.91 Å². The van der Waals surface area contributed by atoms with Crippen LogP contribution in [-0.4, -0.2) is 61.8 Å². The third-order valence-corrected chi connectivity index (χ3v) is 2.08. The summed E-state index contributed by atoms with van der Waals surface area (Å²) in [4.78, 5) is 24.1. The van der Waals surface area contributed by atoms with Gasteiger partial charge in [-0.1, -0.05) is 0 Å². The van der Waals surface area contributed by atoms with E-state index in [1.165, 1.54) is 0 Å². The van der Waals surface area contributed by atoms with E-state index in [-0.39, 0.29) is 25.0 Å². The van der Waals surface area contributed by atoms with Gasteiger partial charge in [0.05, 0.1) is 19.8 Å². The lowest BCUT2D eigenvalue weighted by Gasteiger charge is -2.14. The summed E-state index contributed by atoms with van der Waals surface area (Å²) in [6.07, 6.45) is 0.898. The van der Waals surface area contributed by atoms with E-state index in [1.54, 1.807) is 18.9 Å². The van der Waals surface area contributed by atoms with Gasteiger partial charge in [0.25, 0.3) is 0 Å². The first-order valence-corrected chi connectivity index (χ1v) is 5.81. The van der Waals surface area contributed by atoms with E-state index >= 15 is 0 Å². The molecule has 0 radical (unpaired) electrons. The molecule has 100 valence electrons. The van der Waals surface area contributed by atoms with Crippen LogP contribution in [0.1, 0.15) is 19.8 Å². The molecule has 0 fully saturated rings. The number of amides is 1. The monoisotopic (exact) mass is 246 g/mol. The number of rotatable bonds is 9. The second-order valence-corrected chi connectivity index (χ2v) is 3.72. The first-order valence-electron chi connectivity index (χ1n) is 5.81. The first-order chi connectivity index (χ1) is 8.10. The normalized spacial score (nSPS) is 10.4. The highest BCUT2D eigenvalue weighted by Gasteiger charge is 2.06. The number of aliphatic hydroxyl groups excluding tert-OH is 1. The lowest BCUT2D eigenvalue weighted by Crippen LogP contribution is -2.36. The molecule has 0 saturated heterocycles. The molecule has 0 unspecified atom stereocenters. The average Bonchev–Trinajstić information content (AvgIpc) is 2.25. The van der Waals surface area contributed by atoms with Crippen molar-refractivity contribution in [3.05, 3.63) is 0 Å². The van der Waals surface area contributed by atoms with E-state index in [4.69, 9.17) is 9.84 Å². The third kappa shape index (κ3) is 9.77. The first kappa shape index (κ1) is 15.9. The van der Waals surface area contributed by atoms with Crippen molar-refractivity contribution in [2.45, 2.75) is 19.8 Å². The molecule has 2 N–H and O–H groups in total. The van der Waals surface area contributed by atoms with Crippen molar-refractivity contribution < 1.29 is 19.4 Å². The van der Waals surface area contributed by atoms with E-state index < -0.39 is 0 Å². The molecule has 0 aromatic heterocycles. The number of nitrogens with zero attached hydrogens (tertiary/aromatic N) is 1. The lowest BCUT2D eigenvalue weighted by atomic mass is 10.3. The number of nitrogens with one attached hydrogen (secondary N) is 1. The van der Waals surface area contributed by atoms with Crippen LogP contribution in [0.3, 0.4) is 0 Å². The quantitative estimate of drug-likeness (QED) is 0.418. The minimum Gasteiger partial charge on any atom is -0.466 e. The summed E-state index contributed by atoms with van der Waals surface area (Å²) in [6.45, 7) is 3.36. The highest BCUT2D eigenvalue weighted by molar-refractivity contribution is 5.78. The van der Waals surface area contributed by atoms with E-state index in [0.717, 1.165) is 0 Å². The largest absolute Gasteiger partial charge is 0.466 e. The molecule has 0 spiro atoms. The van der Waals surface area contributed by atoms with Gasteiger partial charge < -0.3 is 15.2 Å². The molecule has 6 nitrogen and oxygen atoms in total. The molecule has 0 aliphatic carbocycles. The van der Waals surface area contributed by atoms with Crippen LogP contribution in [0.15, 0.2) is 0 Å². The Morgan fingerprint density at radius 3 is 2.71 bits per heavy atom. The standard InChI is InChI=1S/C11H22N2O4/c1-3-17-11(16)5-4-6-12-10(15)9-13(2)7-8-14/h14H,3-9H2,1-2H3,(H,12,15). The molecule has 0 aliphatic rings. The van der Waals surface area contributed by atoms with E-state index in [1.807, 2.05) is 0 Å². The number of esters is 1. The van der Waals surface area contributed by atoms with Crippen LogP contribution in [0.5, 0.6) is 0 Å². The van der Waals surface area contributed by atoms with E-state index in [2.05, 4.69) is 5.32 Å². The summed E-state index contributed by atoms with van der Waals surface area (Å²) in [7, 11) is 1.76. The molecule has 0 atom stereocenters. The van der Waals surface area contributed by atoms with Crippen molar-refractivity contribution >= 4 is 11.9 Å². The zero-order chi connectivity index (χ0) is 13.1. The van der Waals surface area contributed by atoms with Gasteiger partial charge in [0, 0.05) is 19.5 Å². The molecule has 0 heterocycles. The fourth-order valence-electron chi connectivity index (χ4n) is 1.24. The maximum absolute atomic E-state index is 11.3. The summed E-state index contributed by atoms with van der Waals surface area (Å²) in [6, 6.07) is 0. The van der Waals surface area contributed by atoms with Gasteiger partial charge in [0.15, 0.2) is 0 Å². The molecular weight excluding hydrogens is 224 g/mol. The number of hydrogen-bond acceptors (Lipinski definition) is 5. The van der Waals surface area contributed by atoms with Gasteiger partial charge in [-0.3, -0.25) is 14.5 Å². The van der Waals surface area contributed by atoms with Gasteiger partial charge in [-0.2, -0.15) is 0 Å². The number of hydrogen-bond donors (Lipinski definition) is 2. The predicted octanol–water partition coefficient (Wildman–Crippen LogP) is -0.630. The number of likely N-dealkylation sites (N-methyl/N-ethyl adjacent to an activating group) is 1. The van der Waals surface area contributed by atoms with Gasteiger partial charge in [-0.05, 0) is 20.4 Å². The SMILES string of the molecule is CCOC(=O)CCCNC(=O)CN(C)CCO. The minimum absolute atomic E-state index is 0.0344. The van der Waals surface area contributed by atoms with Gasteiger partial charge in [-0.25, -0.2) is 0 Å². The fraction of sp³-hybridized carbons (Fsp3) is 0.818. The summed E-state index contributed by atoms with van der Waals surface area (Å²) < 4.78 is 4.76. The minimum atomic E-state index is -0.237. The zero-order valence-electron chi connectivity index (χ0n) is 10.6. The van der Waals surface area contributed by atoms with Crippen LogP contribution in [-0.2, 0) is 14.3 Å². The van der Waals surface area contributed by atoms with Crippen molar-refractivity contribution in [3.8, 4) is 0 Å². The maximum Gasteiger partial charge on any atom is 0.305 e. The number of ether oxygens (including phenoxy) is 1. The molecule has 0 aromatic carbocycles. The Morgan fingerprint density at radius 2 is 2.12 bits per heavy atom. The maximum atomic E-state index is 11.3. The van der Waals surface area contributed by atoms with Crippen molar-refractivity contribution in [2.24, 2.45) is 0 Å². The van der Waals surface area contributed by atoms with Crippen LogP contribution >= 0.6 is 0 Å². The zero-order valence-corrected chi connectivity index (χ0v) is 10.6. The summed E-state index contributed by atoms with van der Waals surface area (Å²) >= 11 is 0. The Bertz CT molecular complexity index is 234. The van der Waals surface area contributed by atoms with E-state index in [9.17, 15) is 9.59 Å². The van der Waals surface area contributed by atoms with Crippen molar-refractivity contribution in [3.63, 3.8) is 0 Å². The Balaban J connectivity index is 3.48. The summed E-state index contributed by atoms with van der Waals surface area (Å²) in [5.74, 6) is -0.344. The van der Waals surface area contributed by atoms with Crippen LogP contribution in [0.4, 0.5) is 0 Å². The topological polar surface area (TPSA) is 78.9 Å². The number of carbonyl (C=O) groups is 2. The van der Waals surface area contributed by atoms with Crippen LogP contribution in [0.2, 0.25) is 0 Å². The van der Waals surface area contributed by atoms with Gasteiger partial charge in [-0.15, -0.1) is 0 Å². The second-order valence-electron chi connectivity index (χ2n) is 3.72. The lowest BCUT2D eigenvalue weighted by molar-refractivity contribution is -0.143. The van der Waals surface area contributed by atoms with Crippen molar-refractivity contribution in [1.29, 1.82) is 0 Å². The van der Waals surface area contributed by atoms with E-state index in [0.29, 0.717) is 32.5 Å². The molecule has 0 bridgehead atoms. The highest BCUT2D eigenvalue weighted by atomic mass is 16.5. The Morgan fingerprint density at radius 1 is 1.41 bits per heavy atom. The van der Waals surface area contributed by atoms with Gasteiger partial charge >= 0.3 is 5.97 Å². The molecule has 0 aliphatic heterocycles. The molecule has 17 heavy (non-hydrogen) atoms. The van der Waals surface area contributed by atoms with Crippen LogP contribution < -0.4 is 5.32 Å². The molecule has 0 saturated carbocycles. The predicted molar refractivity (Wildman–Crippen MR) is 63.5 cm³/mol. The fourth-order valence-corrected chi connectivity index (χ4v) is 1.24. The smallest absolute Gasteiger partial charge is 0.305 e. The molecule has 6 heteroatoms. The second kappa shape index (κ2) is 10.0. The Labute approximate surface area is 102 Å². The van der Waals surface area contributed by atoms with Crippen LogP contribution in [0.25, 0.3) is 0 Å². The summed E-state index contributed by atoms with van der Waals surface area (Å²) in [5, 5.41) is 11.3.